The topological polar surface area (TPSA) is 49.8 Å². The predicted molar refractivity (Wildman–Crippen MR) is 78.2 cm³/mol. The molecule has 1 heterocycles. The van der Waals surface area contributed by atoms with E-state index in [9.17, 15) is 0 Å². The standard InChI is InChI=1S/C15H24N4/c1-3-16-14-8-15(18-9-17-14)19-10(2)13-7-11-4-5-12(13)6-11/h8-13H,3-7H2,1-2H3,(H2,16,17,18,19). The second kappa shape index (κ2) is 5.35. The van der Waals surface area contributed by atoms with Gasteiger partial charge in [-0.25, -0.2) is 9.97 Å². The number of nitrogens with zero attached hydrogens (tertiary/aromatic N) is 2. The van der Waals surface area contributed by atoms with Crippen LogP contribution in [0.3, 0.4) is 0 Å². The van der Waals surface area contributed by atoms with Crippen LogP contribution in [0.4, 0.5) is 11.6 Å². The Labute approximate surface area is 115 Å². The molecule has 2 aliphatic carbocycles. The van der Waals surface area contributed by atoms with Gasteiger partial charge in [0.15, 0.2) is 0 Å². The summed E-state index contributed by atoms with van der Waals surface area (Å²) in [6, 6.07) is 2.52. The molecule has 1 aromatic heterocycles. The lowest BCUT2D eigenvalue weighted by molar-refractivity contribution is 0.304. The van der Waals surface area contributed by atoms with E-state index in [2.05, 4.69) is 34.4 Å². The van der Waals surface area contributed by atoms with Crippen molar-refractivity contribution in [3.05, 3.63) is 12.4 Å². The molecule has 0 amide bonds. The van der Waals surface area contributed by atoms with E-state index in [4.69, 9.17) is 0 Å². The summed E-state index contributed by atoms with van der Waals surface area (Å²) in [5.41, 5.74) is 0. The third kappa shape index (κ3) is 2.67. The Bertz CT molecular complexity index is 434. The average molecular weight is 260 g/mol. The van der Waals surface area contributed by atoms with Crippen molar-refractivity contribution < 1.29 is 0 Å². The van der Waals surface area contributed by atoms with E-state index in [-0.39, 0.29) is 0 Å². The Balaban J connectivity index is 1.62. The molecule has 1 aromatic rings. The summed E-state index contributed by atoms with van der Waals surface area (Å²) in [6.07, 6.45) is 7.40. The van der Waals surface area contributed by atoms with Crippen molar-refractivity contribution in [3.63, 3.8) is 0 Å². The van der Waals surface area contributed by atoms with Crippen molar-refractivity contribution in [2.75, 3.05) is 17.2 Å². The molecule has 2 aliphatic rings. The van der Waals surface area contributed by atoms with Gasteiger partial charge in [-0.1, -0.05) is 6.42 Å². The summed E-state index contributed by atoms with van der Waals surface area (Å²) in [5.74, 6) is 4.63. The molecular weight excluding hydrogens is 236 g/mol. The normalized spacial score (nSPS) is 30.3. The van der Waals surface area contributed by atoms with Crippen LogP contribution in [0.5, 0.6) is 0 Å². The quantitative estimate of drug-likeness (QED) is 0.854. The van der Waals surface area contributed by atoms with Crippen LogP contribution >= 0.6 is 0 Å². The third-order valence-corrected chi connectivity index (χ3v) is 4.84. The van der Waals surface area contributed by atoms with Gasteiger partial charge in [-0.2, -0.15) is 0 Å². The minimum atomic E-state index is 0.514. The van der Waals surface area contributed by atoms with E-state index < -0.39 is 0 Å². The molecule has 4 atom stereocenters. The number of fused-ring (bicyclic) bond motifs is 2. The Kier molecular flexibility index (Phi) is 3.58. The molecule has 2 saturated carbocycles. The molecule has 104 valence electrons. The van der Waals surface area contributed by atoms with Crippen LogP contribution in [-0.2, 0) is 0 Å². The minimum absolute atomic E-state index is 0.514. The molecule has 0 spiro atoms. The maximum Gasteiger partial charge on any atom is 0.131 e. The van der Waals surface area contributed by atoms with E-state index in [1.807, 2.05) is 6.07 Å². The van der Waals surface area contributed by atoms with Gasteiger partial charge in [-0.3, -0.25) is 0 Å². The molecule has 3 rings (SSSR count). The van der Waals surface area contributed by atoms with Gasteiger partial charge in [0.05, 0.1) is 0 Å². The fraction of sp³-hybridized carbons (Fsp3) is 0.733. The van der Waals surface area contributed by atoms with Crippen molar-refractivity contribution in [2.45, 2.75) is 45.6 Å². The zero-order valence-electron chi connectivity index (χ0n) is 11.9. The zero-order valence-corrected chi connectivity index (χ0v) is 11.9. The van der Waals surface area contributed by atoms with E-state index in [0.29, 0.717) is 6.04 Å². The summed E-state index contributed by atoms with van der Waals surface area (Å²) in [4.78, 5) is 8.54. The van der Waals surface area contributed by atoms with Gasteiger partial charge < -0.3 is 10.6 Å². The number of nitrogens with one attached hydrogen (secondary N) is 2. The third-order valence-electron chi connectivity index (χ3n) is 4.84. The van der Waals surface area contributed by atoms with Gasteiger partial charge in [-0.15, -0.1) is 0 Å². The number of aromatic nitrogens is 2. The summed E-state index contributed by atoms with van der Waals surface area (Å²) in [5, 5.41) is 6.80. The first-order valence-electron chi connectivity index (χ1n) is 7.58. The van der Waals surface area contributed by atoms with Crippen molar-refractivity contribution >= 4 is 11.6 Å². The van der Waals surface area contributed by atoms with Crippen LogP contribution in [0, 0.1) is 17.8 Å². The first kappa shape index (κ1) is 12.7. The molecular formula is C15H24N4. The van der Waals surface area contributed by atoms with Crippen LogP contribution in [0.2, 0.25) is 0 Å². The lowest BCUT2D eigenvalue weighted by Gasteiger charge is -2.28. The van der Waals surface area contributed by atoms with Gasteiger partial charge in [0.2, 0.25) is 0 Å². The highest BCUT2D eigenvalue weighted by atomic mass is 15.1. The molecule has 19 heavy (non-hydrogen) atoms. The minimum Gasteiger partial charge on any atom is -0.370 e. The Hall–Kier alpha value is -1.32. The summed E-state index contributed by atoms with van der Waals surface area (Å²) in [7, 11) is 0. The average Bonchev–Trinajstić information content (AvgIpc) is 3.02. The smallest absolute Gasteiger partial charge is 0.131 e. The lowest BCUT2D eigenvalue weighted by Crippen LogP contribution is -2.30. The van der Waals surface area contributed by atoms with E-state index in [1.165, 1.54) is 25.7 Å². The Morgan fingerprint density at radius 1 is 1.26 bits per heavy atom. The van der Waals surface area contributed by atoms with Crippen LogP contribution in [0.15, 0.2) is 12.4 Å². The van der Waals surface area contributed by atoms with Crippen molar-refractivity contribution in [1.29, 1.82) is 0 Å². The molecule has 2 bridgehead atoms. The maximum absolute atomic E-state index is 4.33. The molecule has 4 nitrogen and oxygen atoms in total. The first-order valence-corrected chi connectivity index (χ1v) is 7.58. The van der Waals surface area contributed by atoms with E-state index >= 15 is 0 Å². The second-order valence-corrected chi connectivity index (χ2v) is 6.09. The zero-order chi connectivity index (χ0) is 13.2. The summed E-state index contributed by atoms with van der Waals surface area (Å²) in [6.45, 7) is 5.27. The van der Waals surface area contributed by atoms with Gasteiger partial charge in [-0.05, 0) is 50.9 Å². The molecule has 0 aliphatic heterocycles. The van der Waals surface area contributed by atoms with Crippen molar-refractivity contribution in [1.82, 2.24) is 9.97 Å². The highest BCUT2D eigenvalue weighted by molar-refractivity contribution is 5.46. The monoisotopic (exact) mass is 260 g/mol. The van der Waals surface area contributed by atoms with Crippen LogP contribution in [0.25, 0.3) is 0 Å². The Morgan fingerprint density at radius 3 is 2.79 bits per heavy atom. The molecule has 0 radical (unpaired) electrons. The molecule has 4 unspecified atom stereocenters. The predicted octanol–water partition coefficient (Wildman–Crippen LogP) is 3.15. The first-order chi connectivity index (χ1) is 9.26. The van der Waals surface area contributed by atoms with Gasteiger partial charge in [0.1, 0.15) is 18.0 Å². The maximum atomic E-state index is 4.33. The largest absolute Gasteiger partial charge is 0.370 e. The molecule has 4 heteroatoms. The van der Waals surface area contributed by atoms with Crippen LogP contribution in [-0.4, -0.2) is 22.6 Å². The lowest BCUT2D eigenvalue weighted by atomic mass is 9.84. The molecule has 2 fully saturated rings. The van der Waals surface area contributed by atoms with Crippen molar-refractivity contribution in [3.8, 4) is 0 Å². The van der Waals surface area contributed by atoms with Gasteiger partial charge >= 0.3 is 0 Å². The second-order valence-electron chi connectivity index (χ2n) is 6.09. The number of hydrogen-bond donors (Lipinski definition) is 2. The number of anilines is 2. The van der Waals surface area contributed by atoms with Crippen molar-refractivity contribution in [2.24, 2.45) is 17.8 Å². The van der Waals surface area contributed by atoms with Gasteiger partial charge in [0.25, 0.3) is 0 Å². The summed E-state index contributed by atoms with van der Waals surface area (Å²) < 4.78 is 0. The highest BCUT2D eigenvalue weighted by Crippen LogP contribution is 2.49. The fourth-order valence-electron chi connectivity index (χ4n) is 3.96. The molecule has 0 saturated heterocycles. The van der Waals surface area contributed by atoms with Crippen LogP contribution in [0.1, 0.15) is 39.5 Å². The molecule has 2 N–H and O–H groups in total. The van der Waals surface area contributed by atoms with Gasteiger partial charge in [0, 0.05) is 18.7 Å². The SMILES string of the molecule is CCNc1cc(NC(C)C2CC3CCC2C3)ncn1. The van der Waals surface area contributed by atoms with E-state index in [1.54, 1.807) is 6.33 Å². The molecule has 0 aromatic carbocycles. The van der Waals surface area contributed by atoms with E-state index in [0.717, 1.165) is 35.9 Å². The Morgan fingerprint density at radius 2 is 2.11 bits per heavy atom. The number of hydrogen-bond acceptors (Lipinski definition) is 4. The number of rotatable bonds is 5. The van der Waals surface area contributed by atoms with Crippen LogP contribution < -0.4 is 10.6 Å². The summed E-state index contributed by atoms with van der Waals surface area (Å²) >= 11 is 0. The fourth-order valence-corrected chi connectivity index (χ4v) is 3.96. The highest BCUT2D eigenvalue weighted by Gasteiger charge is 2.41.